The first-order valence-corrected chi connectivity index (χ1v) is 12.9. The molecule has 9 nitrogen and oxygen atoms in total. The highest BCUT2D eigenvalue weighted by Gasteiger charge is 2.24. The van der Waals surface area contributed by atoms with Gasteiger partial charge in [0.15, 0.2) is 11.5 Å². The highest BCUT2D eigenvalue weighted by atomic mass is 16.5. The van der Waals surface area contributed by atoms with E-state index in [-0.39, 0.29) is 0 Å². The number of piperidine rings is 1. The maximum absolute atomic E-state index is 12.3. The molecule has 2 fully saturated rings. The summed E-state index contributed by atoms with van der Waals surface area (Å²) in [6.07, 6.45) is 7.96. The van der Waals surface area contributed by atoms with E-state index in [1.807, 2.05) is 36.4 Å². The molecule has 1 aliphatic heterocycles. The molecule has 0 unspecified atom stereocenters. The summed E-state index contributed by atoms with van der Waals surface area (Å²) in [6, 6.07) is 11.3. The molecule has 0 radical (unpaired) electrons. The zero-order chi connectivity index (χ0) is 25.6. The molecule has 2 aliphatic rings. The van der Waals surface area contributed by atoms with Crippen LogP contribution in [-0.4, -0.2) is 56.1 Å². The Morgan fingerprint density at radius 1 is 0.973 bits per heavy atom. The molecular formula is C28H34N4O5. The van der Waals surface area contributed by atoms with E-state index in [0.717, 1.165) is 61.2 Å². The van der Waals surface area contributed by atoms with Gasteiger partial charge in [-0.3, -0.25) is 5.32 Å². The lowest BCUT2D eigenvalue weighted by Crippen LogP contribution is -2.36. The van der Waals surface area contributed by atoms with Crippen LogP contribution in [0.4, 0.5) is 16.3 Å². The molecular weight excluding hydrogens is 472 g/mol. The van der Waals surface area contributed by atoms with Crippen LogP contribution in [0, 0.1) is 5.92 Å². The lowest BCUT2D eigenvalue weighted by molar-refractivity contribution is 0.133. The SMILES string of the molecule is COc1cc2ncnc(N3CCC(COC(=O)Nc4ccc(OC5CCCC5)cc4)CC3)c2cc1OC. The number of hydrogen-bond acceptors (Lipinski definition) is 8. The smallest absolute Gasteiger partial charge is 0.411 e. The molecule has 196 valence electrons. The Morgan fingerprint density at radius 2 is 1.68 bits per heavy atom. The van der Waals surface area contributed by atoms with Crippen LogP contribution in [-0.2, 0) is 4.74 Å². The number of aromatic nitrogens is 2. The monoisotopic (exact) mass is 506 g/mol. The van der Waals surface area contributed by atoms with E-state index in [0.29, 0.717) is 35.8 Å². The van der Waals surface area contributed by atoms with Crippen molar-refractivity contribution in [1.82, 2.24) is 9.97 Å². The number of hydrogen-bond donors (Lipinski definition) is 1. The van der Waals surface area contributed by atoms with Crippen molar-refractivity contribution in [3.8, 4) is 17.2 Å². The summed E-state index contributed by atoms with van der Waals surface area (Å²) < 4.78 is 22.4. The maximum atomic E-state index is 12.3. The fourth-order valence-corrected chi connectivity index (χ4v) is 5.10. The minimum atomic E-state index is -0.435. The molecule has 1 aliphatic carbocycles. The van der Waals surface area contributed by atoms with Gasteiger partial charge < -0.3 is 23.8 Å². The van der Waals surface area contributed by atoms with Gasteiger partial charge in [0.25, 0.3) is 0 Å². The van der Waals surface area contributed by atoms with Crippen molar-refractivity contribution < 1.29 is 23.7 Å². The van der Waals surface area contributed by atoms with Gasteiger partial charge >= 0.3 is 6.09 Å². The first-order chi connectivity index (χ1) is 18.1. The maximum Gasteiger partial charge on any atom is 0.411 e. The van der Waals surface area contributed by atoms with Gasteiger partial charge in [-0.2, -0.15) is 0 Å². The summed E-state index contributed by atoms with van der Waals surface area (Å²) in [5, 5.41) is 3.74. The first-order valence-electron chi connectivity index (χ1n) is 12.9. The number of amides is 1. The zero-order valence-electron chi connectivity index (χ0n) is 21.4. The molecule has 0 atom stereocenters. The van der Waals surface area contributed by atoms with Crippen molar-refractivity contribution >= 4 is 28.5 Å². The number of nitrogens with zero attached hydrogens (tertiary/aromatic N) is 3. The molecule has 1 amide bonds. The van der Waals surface area contributed by atoms with Crippen molar-refractivity contribution in [1.29, 1.82) is 0 Å². The van der Waals surface area contributed by atoms with Gasteiger partial charge in [-0.15, -0.1) is 0 Å². The highest BCUT2D eigenvalue weighted by Crippen LogP contribution is 2.35. The Balaban J connectivity index is 1.11. The summed E-state index contributed by atoms with van der Waals surface area (Å²) in [4.78, 5) is 23.6. The Hall–Kier alpha value is -3.75. The number of nitrogens with one attached hydrogen (secondary N) is 1. The Labute approximate surface area is 217 Å². The third-order valence-corrected chi connectivity index (χ3v) is 7.19. The van der Waals surface area contributed by atoms with Gasteiger partial charge in [-0.25, -0.2) is 14.8 Å². The van der Waals surface area contributed by atoms with Crippen LogP contribution >= 0.6 is 0 Å². The summed E-state index contributed by atoms with van der Waals surface area (Å²) in [7, 11) is 3.23. The van der Waals surface area contributed by atoms with E-state index >= 15 is 0 Å². The average Bonchev–Trinajstić information content (AvgIpc) is 3.45. The molecule has 0 spiro atoms. The predicted molar refractivity (Wildman–Crippen MR) is 142 cm³/mol. The second-order valence-corrected chi connectivity index (χ2v) is 9.62. The van der Waals surface area contributed by atoms with Gasteiger partial charge in [0.1, 0.15) is 17.9 Å². The Morgan fingerprint density at radius 3 is 2.38 bits per heavy atom. The number of rotatable bonds is 8. The van der Waals surface area contributed by atoms with Crippen LogP contribution in [0.1, 0.15) is 38.5 Å². The average molecular weight is 507 g/mol. The number of carbonyl (C=O) groups excluding carboxylic acids is 1. The number of ether oxygens (including phenoxy) is 4. The van der Waals surface area contributed by atoms with Crippen LogP contribution < -0.4 is 24.4 Å². The molecule has 2 aromatic carbocycles. The fraction of sp³-hybridized carbons (Fsp3) is 0.464. The van der Waals surface area contributed by atoms with Gasteiger partial charge in [-0.05, 0) is 74.8 Å². The van der Waals surface area contributed by atoms with Gasteiger partial charge in [0.2, 0.25) is 0 Å². The summed E-state index contributed by atoms with van der Waals surface area (Å²) in [6.45, 7) is 2.02. The molecule has 2 heterocycles. The predicted octanol–water partition coefficient (Wildman–Crippen LogP) is 5.43. The van der Waals surface area contributed by atoms with E-state index in [1.165, 1.54) is 12.8 Å². The van der Waals surface area contributed by atoms with E-state index in [4.69, 9.17) is 18.9 Å². The third kappa shape index (κ3) is 5.98. The highest BCUT2D eigenvalue weighted by molar-refractivity contribution is 5.92. The van der Waals surface area contributed by atoms with Crippen LogP contribution in [0.25, 0.3) is 10.9 Å². The molecule has 9 heteroatoms. The van der Waals surface area contributed by atoms with Crippen molar-refractivity contribution in [2.75, 3.05) is 44.1 Å². The zero-order valence-corrected chi connectivity index (χ0v) is 21.4. The van der Waals surface area contributed by atoms with Crippen LogP contribution in [0.2, 0.25) is 0 Å². The second-order valence-electron chi connectivity index (χ2n) is 9.62. The first kappa shape index (κ1) is 24.9. The number of carbonyl (C=O) groups is 1. The Bertz CT molecular complexity index is 1210. The summed E-state index contributed by atoms with van der Waals surface area (Å²) in [5.74, 6) is 3.31. The quantitative estimate of drug-likeness (QED) is 0.432. The van der Waals surface area contributed by atoms with Gasteiger partial charge in [-0.1, -0.05) is 0 Å². The van der Waals surface area contributed by atoms with Gasteiger partial charge in [0, 0.05) is 30.2 Å². The minimum absolute atomic E-state index is 0.298. The van der Waals surface area contributed by atoms with E-state index in [9.17, 15) is 4.79 Å². The van der Waals surface area contributed by atoms with E-state index in [1.54, 1.807) is 20.5 Å². The van der Waals surface area contributed by atoms with Crippen molar-refractivity contribution in [3.05, 3.63) is 42.7 Å². The van der Waals surface area contributed by atoms with Crippen molar-refractivity contribution in [2.45, 2.75) is 44.6 Å². The molecule has 3 aromatic rings. The summed E-state index contributed by atoms with van der Waals surface area (Å²) >= 11 is 0. The van der Waals surface area contributed by atoms with E-state index in [2.05, 4.69) is 20.2 Å². The van der Waals surface area contributed by atoms with Crippen LogP contribution in [0.3, 0.4) is 0 Å². The molecule has 1 N–H and O–H groups in total. The second kappa shape index (κ2) is 11.5. The molecule has 37 heavy (non-hydrogen) atoms. The summed E-state index contributed by atoms with van der Waals surface area (Å²) in [5.41, 5.74) is 1.50. The topological polar surface area (TPSA) is 95.0 Å². The van der Waals surface area contributed by atoms with Gasteiger partial charge in [0.05, 0.1) is 32.4 Å². The lowest BCUT2D eigenvalue weighted by atomic mass is 9.97. The molecule has 1 saturated carbocycles. The standard InChI is InChI=1S/C28H34N4O5/c1-34-25-15-23-24(16-26(25)35-2)29-18-30-27(23)32-13-11-19(12-14-32)17-36-28(33)31-20-7-9-22(10-8-20)37-21-5-3-4-6-21/h7-10,15-16,18-19,21H,3-6,11-14,17H2,1-2H3,(H,31,33). The minimum Gasteiger partial charge on any atom is -0.493 e. The largest absolute Gasteiger partial charge is 0.493 e. The number of anilines is 2. The molecule has 5 rings (SSSR count). The number of fused-ring (bicyclic) bond motifs is 1. The van der Waals surface area contributed by atoms with Crippen molar-refractivity contribution in [3.63, 3.8) is 0 Å². The Kier molecular flexibility index (Phi) is 7.77. The molecule has 1 aromatic heterocycles. The lowest BCUT2D eigenvalue weighted by Gasteiger charge is -2.33. The van der Waals surface area contributed by atoms with Crippen molar-refractivity contribution in [2.24, 2.45) is 5.92 Å². The number of benzene rings is 2. The molecule has 0 bridgehead atoms. The van der Waals surface area contributed by atoms with Crippen LogP contribution in [0.5, 0.6) is 17.2 Å². The fourth-order valence-electron chi connectivity index (χ4n) is 5.10. The molecule has 1 saturated heterocycles. The third-order valence-electron chi connectivity index (χ3n) is 7.19. The number of methoxy groups -OCH3 is 2. The van der Waals surface area contributed by atoms with E-state index < -0.39 is 6.09 Å². The van der Waals surface area contributed by atoms with Crippen LogP contribution in [0.15, 0.2) is 42.7 Å². The normalized spacial score (nSPS) is 16.5.